The molecule has 0 aliphatic carbocycles. The van der Waals surface area contributed by atoms with E-state index in [0.29, 0.717) is 5.56 Å². The molecule has 0 saturated heterocycles. The molecule has 162 valence electrons. The summed E-state index contributed by atoms with van der Waals surface area (Å²) in [4.78, 5) is 38.8. The van der Waals surface area contributed by atoms with Crippen LogP contribution < -0.4 is 10.6 Å². The number of carbonyl (C=O) groups excluding carboxylic acids is 3. The molecule has 1 aromatic carbocycles. The minimum absolute atomic E-state index is 0.165. The Morgan fingerprint density at radius 2 is 1.97 bits per heavy atom. The molecule has 0 aliphatic rings. The first-order valence-electron chi connectivity index (χ1n) is 9.64. The van der Waals surface area contributed by atoms with Crippen LogP contribution in [-0.4, -0.2) is 47.5 Å². The lowest BCUT2D eigenvalue weighted by Crippen LogP contribution is -2.49. The molecule has 0 saturated carbocycles. The number of amides is 3. The first-order chi connectivity index (χ1) is 14.0. The maximum absolute atomic E-state index is 12.9. The van der Waals surface area contributed by atoms with Gasteiger partial charge in [0.2, 0.25) is 11.8 Å². The fraction of sp³-hybridized carbons (Fsp3) is 0.455. The van der Waals surface area contributed by atoms with Crippen LogP contribution in [0.5, 0.6) is 0 Å². The molecule has 0 heterocycles. The summed E-state index contributed by atoms with van der Waals surface area (Å²) in [7, 11) is 0. The van der Waals surface area contributed by atoms with Crippen molar-refractivity contribution in [3.63, 3.8) is 0 Å². The first-order valence-corrected chi connectivity index (χ1v) is 9.64. The monoisotopic (exact) mass is 414 g/mol. The highest BCUT2D eigenvalue weighted by atomic mass is 16.6. The predicted molar refractivity (Wildman–Crippen MR) is 114 cm³/mol. The summed E-state index contributed by atoms with van der Waals surface area (Å²) in [6, 6.07) is 7.71. The van der Waals surface area contributed by atoms with Crippen molar-refractivity contribution >= 4 is 24.0 Å². The van der Waals surface area contributed by atoms with E-state index in [4.69, 9.17) is 4.74 Å². The van der Waals surface area contributed by atoms with Crippen molar-refractivity contribution in [1.82, 2.24) is 15.5 Å². The smallest absolute Gasteiger partial charge is 0.408 e. The minimum Gasteiger partial charge on any atom is -0.444 e. The first kappa shape index (κ1) is 24.7. The van der Waals surface area contributed by atoms with E-state index >= 15 is 0 Å². The number of nitriles is 1. The summed E-state index contributed by atoms with van der Waals surface area (Å²) < 4.78 is 5.13. The van der Waals surface area contributed by atoms with Gasteiger partial charge in [0.15, 0.2) is 0 Å². The second-order valence-corrected chi connectivity index (χ2v) is 7.98. The Morgan fingerprint density at radius 1 is 1.30 bits per heavy atom. The van der Waals surface area contributed by atoms with E-state index in [9.17, 15) is 19.6 Å². The normalized spacial score (nSPS) is 11.8. The third-order valence-electron chi connectivity index (χ3n) is 3.80. The average Bonchev–Trinajstić information content (AvgIpc) is 2.64. The van der Waals surface area contributed by atoms with E-state index in [1.807, 2.05) is 12.1 Å². The number of benzene rings is 1. The lowest BCUT2D eigenvalue weighted by molar-refractivity contribution is -0.139. The quantitative estimate of drug-likeness (QED) is 0.635. The molecule has 2 N–H and O–H groups in total. The van der Waals surface area contributed by atoms with Crippen molar-refractivity contribution in [2.24, 2.45) is 0 Å². The van der Waals surface area contributed by atoms with Gasteiger partial charge in [-0.25, -0.2) is 4.79 Å². The topological polar surface area (TPSA) is 112 Å². The molecule has 3 amide bonds. The van der Waals surface area contributed by atoms with E-state index in [-0.39, 0.29) is 12.6 Å². The molecule has 0 fully saturated rings. The highest BCUT2D eigenvalue weighted by molar-refractivity contribution is 5.90. The fourth-order valence-corrected chi connectivity index (χ4v) is 2.66. The molecular weight excluding hydrogens is 384 g/mol. The largest absolute Gasteiger partial charge is 0.444 e. The number of alkyl carbamates (subject to hydrolysis) is 1. The Kier molecular flexibility index (Phi) is 9.06. The molecule has 1 rings (SSSR count). The average molecular weight is 415 g/mol. The fourth-order valence-electron chi connectivity index (χ4n) is 2.66. The minimum atomic E-state index is -1.04. The molecular formula is C22H30N4O4. The Morgan fingerprint density at radius 3 is 2.50 bits per heavy atom. The predicted octanol–water partition coefficient (Wildman–Crippen LogP) is 2.77. The van der Waals surface area contributed by atoms with E-state index in [1.165, 1.54) is 0 Å². The van der Waals surface area contributed by atoms with Crippen molar-refractivity contribution in [2.45, 2.75) is 52.3 Å². The van der Waals surface area contributed by atoms with Gasteiger partial charge in [0.05, 0.1) is 6.07 Å². The lowest BCUT2D eigenvalue weighted by Gasteiger charge is -2.30. The zero-order valence-electron chi connectivity index (χ0n) is 18.2. The summed E-state index contributed by atoms with van der Waals surface area (Å²) in [6.07, 6.45) is 0.867. The van der Waals surface area contributed by atoms with Crippen LogP contribution in [0.4, 0.5) is 4.79 Å². The number of hydrogen-bond acceptors (Lipinski definition) is 5. The van der Waals surface area contributed by atoms with Gasteiger partial charge in [-0.2, -0.15) is 5.26 Å². The molecule has 8 nitrogen and oxygen atoms in total. The highest BCUT2D eigenvalue weighted by Crippen LogP contribution is 2.23. The Labute approximate surface area is 177 Å². The van der Waals surface area contributed by atoms with Crippen molar-refractivity contribution in [2.75, 3.05) is 13.1 Å². The van der Waals surface area contributed by atoms with E-state index in [0.717, 1.165) is 10.5 Å². The van der Waals surface area contributed by atoms with Crippen molar-refractivity contribution in [1.29, 1.82) is 5.26 Å². The SMILES string of the molecule is C=Cc1cccc(C(C(=O)NC(C)C)N(CC#N)C(=O)CNC(=O)OC(C)(C)C)c1. The second-order valence-electron chi connectivity index (χ2n) is 7.98. The molecule has 1 aromatic rings. The van der Waals surface area contributed by atoms with Crippen LogP contribution in [0, 0.1) is 11.3 Å². The molecule has 0 spiro atoms. The summed E-state index contributed by atoms with van der Waals surface area (Å²) in [5.74, 6) is -1.01. The Bertz CT molecular complexity index is 821. The third kappa shape index (κ3) is 7.95. The number of carbonyl (C=O) groups is 3. The van der Waals surface area contributed by atoms with Crippen molar-refractivity contribution in [3.05, 3.63) is 42.0 Å². The number of hydrogen-bond donors (Lipinski definition) is 2. The van der Waals surface area contributed by atoms with E-state index in [2.05, 4.69) is 17.2 Å². The number of ether oxygens (including phenoxy) is 1. The van der Waals surface area contributed by atoms with Crippen molar-refractivity contribution in [3.8, 4) is 6.07 Å². The van der Waals surface area contributed by atoms with Gasteiger partial charge >= 0.3 is 6.09 Å². The molecule has 30 heavy (non-hydrogen) atoms. The van der Waals surface area contributed by atoms with Gasteiger partial charge in [0.25, 0.3) is 0 Å². The van der Waals surface area contributed by atoms with Gasteiger partial charge in [0.1, 0.15) is 24.7 Å². The zero-order valence-corrected chi connectivity index (χ0v) is 18.2. The van der Waals surface area contributed by atoms with E-state index in [1.54, 1.807) is 58.9 Å². The Hall–Kier alpha value is -3.34. The van der Waals surface area contributed by atoms with Crippen LogP contribution in [0.1, 0.15) is 51.8 Å². The molecule has 0 radical (unpaired) electrons. The summed E-state index contributed by atoms with van der Waals surface area (Å²) in [6.45, 7) is 11.7. The van der Waals surface area contributed by atoms with Crippen LogP contribution in [-0.2, 0) is 14.3 Å². The number of rotatable bonds is 8. The van der Waals surface area contributed by atoms with Gasteiger partial charge in [-0.05, 0) is 51.8 Å². The standard InChI is InChI=1S/C22H30N4O4/c1-7-16-9-8-10-17(13-16)19(20(28)25-15(2)3)26(12-11-23)18(27)14-24-21(29)30-22(4,5)6/h7-10,13,15,19H,1,12,14H2,2-6H3,(H,24,29)(H,25,28). The van der Waals surface area contributed by atoms with Gasteiger partial charge in [-0.15, -0.1) is 0 Å². The summed E-state index contributed by atoms with van der Waals surface area (Å²) in [5.41, 5.74) is 0.585. The maximum atomic E-state index is 12.9. The molecule has 0 aliphatic heterocycles. The van der Waals surface area contributed by atoms with Crippen LogP contribution >= 0.6 is 0 Å². The number of nitrogens with one attached hydrogen (secondary N) is 2. The maximum Gasteiger partial charge on any atom is 0.408 e. The van der Waals surface area contributed by atoms with Crippen LogP contribution in [0.25, 0.3) is 6.08 Å². The summed E-state index contributed by atoms with van der Waals surface area (Å²) in [5, 5.41) is 14.4. The zero-order chi connectivity index (χ0) is 22.9. The number of nitrogens with zero attached hydrogens (tertiary/aromatic N) is 2. The molecule has 0 aromatic heterocycles. The van der Waals surface area contributed by atoms with Crippen LogP contribution in [0.2, 0.25) is 0 Å². The van der Waals surface area contributed by atoms with Gasteiger partial charge < -0.3 is 20.3 Å². The highest BCUT2D eigenvalue weighted by Gasteiger charge is 2.32. The third-order valence-corrected chi connectivity index (χ3v) is 3.80. The molecule has 1 unspecified atom stereocenters. The van der Waals surface area contributed by atoms with Gasteiger partial charge in [0, 0.05) is 6.04 Å². The molecule has 0 bridgehead atoms. The molecule has 1 atom stereocenters. The van der Waals surface area contributed by atoms with Crippen LogP contribution in [0.15, 0.2) is 30.8 Å². The lowest BCUT2D eigenvalue weighted by atomic mass is 10.0. The van der Waals surface area contributed by atoms with Gasteiger partial charge in [-0.1, -0.05) is 30.9 Å². The Balaban J connectivity index is 3.18. The van der Waals surface area contributed by atoms with E-state index < -0.39 is 36.1 Å². The second kappa shape index (κ2) is 11.0. The summed E-state index contributed by atoms with van der Waals surface area (Å²) >= 11 is 0. The van der Waals surface area contributed by atoms with Crippen LogP contribution in [0.3, 0.4) is 0 Å². The van der Waals surface area contributed by atoms with Gasteiger partial charge in [-0.3, -0.25) is 9.59 Å². The van der Waals surface area contributed by atoms with Crippen molar-refractivity contribution < 1.29 is 19.1 Å². The molecule has 8 heteroatoms.